The fourth-order valence-electron chi connectivity index (χ4n) is 4.33. The van der Waals surface area contributed by atoms with Crippen LogP contribution < -0.4 is 10.6 Å². The molecule has 2 heterocycles. The van der Waals surface area contributed by atoms with Crippen molar-refractivity contribution in [2.24, 2.45) is 0 Å². The Bertz CT molecular complexity index is 1470. The Labute approximate surface area is 226 Å². The van der Waals surface area contributed by atoms with Crippen molar-refractivity contribution in [3.8, 4) is 0 Å². The molecule has 0 bridgehead atoms. The number of carbonyl (C=O) groups excluding carboxylic acids is 4. The van der Waals surface area contributed by atoms with E-state index in [2.05, 4.69) is 10.6 Å². The Morgan fingerprint density at radius 2 is 1.67 bits per heavy atom. The van der Waals surface area contributed by atoms with Crippen molar-refractivity contribution in [1.29, 1.82) is 0 Å². The number of amides is 3. The van der Waals surface area contributed by atoms with Crippen molar-refractivity contribution >= 4 is 35.5 Å². The number of aryl methyl sites for hydroxylation is 1. The molecule has 0 radical (unpaired) electrons. The van der Waals surface area contributed by atoms with Gasteiger partial charge in [-0.15, -0.1) is 0 Å². The van der Waals surface area contributed by atoms with Crippen LogP contribution in [0.5, 0.6) is 0 Å². The third-order valence-corrected chi connectivity index (χ3v) is 6.41. The molecule has 1 atom stereocenters. The van der Waals surface area contributed by atoms with Gasteiger partial charge in [-0.25, -0.2) is 4.79 Å². The van der Waals surface area contributed by atoms with Crippen LogP contribution in [-0.2, 0) is 30.5 Å². The SMILES string of the molecule is COC(=O)C1=C(C)N([C@H](C)c2ccccc2)C(=O)/C1=C/c1ccc(CNC(=O)C(=O)Nc2ccc(C)cc2)o1. The molecule has 0 spiro atoms. The van der Waals surface area contributed by atoms with Crippen LogP contribution in [0, 0.1) is 6.92 Å². The molecule has 0 saturated carbocycles. The van der Waals surface area contributed by atoms with Crippen LogP contribution >= 0.6 is 0 Å². The van der Waals surface area contributed by atoms with Crippen LogP contribution in [0.2, 0.25) is 0 Å². The highest BCUT2D eigenvalue weighted by Crippen LogP contribution is 2.37. The fourth-order valence-corrected chi connectivity index (χ4v) is 4.33. The summed E-state index contributed by atoms with van der Waals surface area (Å²) in [6.07, 6.45) is 1.48. The Kier molecular flexibility index (Phi) is 8.10. The number of benzene rings is 2. The van der Waals surface area contributed by atoms with Crippen LogP contribution in [0.3, 0.4) is 0 Å². The van der Waals surface area contributed by atoms with Gasteiger partial charge in [0.15, 0.2) is 0 Å². The average Bonchev–Trinajstić information content (AvgIpc) is 3.49. The number of furan rings is 1. The molecule has 0 fully saturated rings. The highest BCUT2D eigenvalue weighted by Gasteiger charge is 2.39. The molecule has 1 aromatic heterocycles. The van der Waals surface area contributed by atoms with E-state index in [0.29, 0.717) is 22.9 Å². The molecule has 39 heavy (non-hydrogen) atoms. The third kappa shape index (κ3) is 5.98. The zero-order valence-corrected chi connectivity index (χ0v) is 22.1. The Morgan fingerprint density at radius 3 is 2.33 bits per heavy atom. The van der Waals surface area contributed by atoms with Gasteiger partial charge in [0.2, 0.25) is 0 Å². The van der Waals surface area contributed by atoms with Crippen LogP contribution in [-0.4, -0.2) is 35.7 Å². The second kappa shape index (κ2) is 11.6. The lowest BCUT2D eigenvalue weighted by Crippen LogP contribution is -2.34. The van der Waals surface area contributed by atoms with Gasteiger partial charge in [-0.05, 0) is 56.7 Å². The van der Waals surface area contributed by atoms with E-state index in [1.807, 2.05) is 56.3 Å². The second-order valence-electron chi connectivity index (χ2n) is 9.08. The summed E-state index contributed by atoms with van der Waals surface area (Å²) < 4.78 is 10.7. The van der Waals surface area contributed by atoms with Gasteiger partial charge in [-0.3, -0.25) is 14.4 Å². The molecular weight excluding hydrogens is 498 g/mol. The summed E-state index contributed by atoms with van der Waals surface area (Å²) in [6, 6.07) is 19.5. The molecule has 1 aliphatic heterocycles. The summed E-state index contributed by atoms with van der Waals surface area (Å²) in [5.41, 5.74) is 3.23. The highest BCUT2D eigenvalue weighted by atomic mass is 16.5. The topological polar surface area (TPSA) is 118 Å². The number of methoxy groups -OCH3 is 1. The summed E-state index contributed by atoms with van der Waals surface area (Å²) in [6.45, 7) is 5.46. The van der Waals surface area contributed by atoms with Crippen molar-refractivity contribution in [1.82, 2.24) is 10.2 Å². The maximum atomic E-state index is 13.5. The number of carbonyl (C=O) groups is 4. The fraction of sp³-hybridized carbons (Fsp3) is 0.200. The van der Waals surface area contributed by atoms with Crippen LogP contribution in [0.15, 0.2) is 88.0 Å². The molecular formula is C30H29N3O6. The first-order valence-corrected chi connectivity index (χ1v) is 12.3. The van der Waals surface area contributed by atoms with Gasteiger partial charge in [0.05, 0.1) is 30.8 Å². The molecule has 0 saturated heterocycles. The summed E-state index contributed by atoms with van der Waals surface area (Å²) in [7, 11) is 1.26. The maximum absolute atomic E-state index is 13.5. The molecule has 3 amide bonds. The minimum absolute atomic E-state index is 0.0484. The summed E-state index contributed by atoms with van der Waals surface area (Å²) >= 11 is 0. The number of anilines is 1. The molecule has 3 aromatic rings. The first-order valence-electron chi connectivity index (χ1n) is 12.3. The highest BCUT2D eigenvalue weighted by molar-refractivity contribution is 6.39. The van der Waals surface area contributed by atoms with E-state index in [-0.39, 0.29) is 29.6 Å². The quantitative estimate of drug-likeness (QED) is 0.269. The van der Waals surface area contributed by atoms with E-state index < -0.39 is 17.8 Å². The number of rotatable bonds is 7. The monoisotopic (exact) mass is 527 g/mol. The van der Waals surface area contributed by atoms with Gasteiger partial charge >= 0.3 is 17.8 Å². The molecule has 4 rings (SSSR count). The smallest absolute Gasteiger partial charge is 0.340 e. The Balaban J connectivity index is 1.48. The lowest BCUT2D eigenvalue weighted by molar-refractivity contribution is -0.136. The lowest BCUT2D eigenvalue weighted by Gasteiger charge is -2.26. The largest absolute Gasteiger partial charge is 0.465 e. The molecule has 0 aliphatic carbocycles. The number of hydrogen-bond acceptors (Lipinski definition) is 6. The molecule has 9 heteroatoms. The molecule has 2 aromatic carbocycles. The predicted octanol–water partition coefficient (Wildman–Crippen LogP) is 4.28. The van der Waals surface area contributed by atoms with Crippen molar-refractivity contribution < 1.29 is 28.3 Å². The number of nitrogens with one attached hydrogen (secondary N) is 2. The van der Waals surface area contributed by atoms with Crippen LogP contribution in [0.4, 0.5) is 5.69 Å². The summed E-state index contributed by atoms with van der Waals surface area (Å²) in [5.74, 6) is -1.96. The third-order valence-electron chi connectivity index (χ3n) is 6.41. The number of hydrogen-bond donors (Lipinski definition) is 2. The molecule has 9 nitrogen and oxygen atoms in total. The van der Waals surface area contributed by atoms with Crippen molar-refractivity contribution in [3.05, 3.63) is 106 Å². The van der Waals surface area contributed by atoms with Gasteiger partial charge < -0.3 is 24.7 Å². The minimum atomic E-state index is -0.824. The maximum Gasteiger partial charge on any atom is 0.340 e. The summed E-state index contributed by atoms with van der Waals surface area (Å²) in [4.78, 5) is 52.1. The van der Waals surface area contributed by atoms with Gasteiger partial charge in [-0.2, -0.15) is 0 Å². The van der Waals surface area contributed by atoms with Gasteiger partial charge in [-0.1, -0.05) is 48.0 Å². The van der Waals surface area contributed by atoms with E-state index in [4.69, 9.17) is 9.15 Å². The van der Waals surface area contributed by atoms with Crippen molar-refractivity contribution in [2.75, 3.05) is 12.4 Å². The standard InChI is InChI=1S/C30H29N3O6/c1-18-10-12-22(13-11-18)32-28(35)27(34)31-17-24-15-14-23(39-24)16-25-26(30(37)38-4)20(3)33(29(25)36)19(2)21-8-6-5-7-9-21/h5-16,19H,17H2,1-4H3,(H,31,34)(H,32,35)/b25-16+/t19-/m1/s1. The van der Waals surface area contributed by atoms with Gasteiger partial charge in [0.25, 0.3) is 5.91 Å². The van der Waals surface area contributed by atoms with E-state index in [1.54, 1.807) is 36.1 Å². The normalized spacial score (nSPS) is 14.9. The lowest BCUT2D eigenvalue weighted by atomic mass is 10.1. The van der Waals surface area contributed by atoms with Crippen molar-refractivity contribution in [3.63, 3.8) is 0 Å². The molecule has 2 N–H and O–H groups in total. The number of allylic oxidation sites excluding steroid dienone is 1. The number of nitrogens with zero attached hydrogens (tertiary/aromatic N) is 1. The van der Waals surface area contributed by atoms with Crippen LogP contribution in [0.25, 0.3) is 6.08 Å². The van der Waals surface area contributed by atoms with E-state index in [1.165, 1.54) is 13.2 Å². The average molecular weight is 528 g/mol. The van der Waals surface area contributed by atoms with E-state index in [0.717, 1.165) is 11.1 Å². The minimum Gasteiger partial charge on any atom is -0.465 e. The number of ether oxygens (including phenoxy) is 1. The number of esters is 1. The first-order chi connectivity index (χ1) is 18.7. The molecule has 200 valence electrons. The van der Waals surface area contributed by atoms with E-state index in [9.17, 15) is 19.2 Å². The summed E-state index contributed by atoms with van der Waals surface area (Å²) in [5, 5.41) is 5.04. The van der Waals surface area contributed by atoms with Gasteiger partial charge in [0, 0.05) is 11.4 Å². The zero-order valence-electron chi connectivity index (χ0n) is 22.1. The molecule has 0 unspecified atom stereocenters. The molecule has 1 aliphatic rings. The van der Waals surface area contributed by atoms with Crippen molar-refractivity contribution in [2.45, 2.75) is 33.4 Å². The predicted molar refractivity (Wildman–Crippen MR) is 145 cm³/mol. The second-order valence-corrected chi connectivity index (χ2v) is 9.08. The van der Waals surface area contributed by atoms with E-state index >= 15 is 0 Å². The Hall–Kier alpha value is -4.92. The first kappa shape index (κ1) is 27.1. The van der Waals surface area contributed by atoms with Gasteiger partial charge in [0.1, 0.15) is 11.5 Å². The Morgan fingerprint density at radius 1 is 0.974 bits per heavy atom. The van der Waals surface area contributed by atoms with Crippen LogP contribution in [0.1, 0.15) is 42.5 Å². The zero-order chi connectivity index (χ0) is 28.1.